The standard InChI is InChI=1S/C10H14F2N2O2S2/c1-6-14-7(4-18-6)3-17-5-9(16)13-2-8(15)10(11)12/h4,8,10,15H,2-3,5H2,1H3,(H,13,16). The number of carbonyl (C=O) groups is 1. The summed E-state index contributed by atoms with van der Waals surface area (Å²) in [6.07, 6.45) is -4.64. The molecule has 1 aromatic rings. The van der Waals surface area contributed by atoms with Crippen molar-refractivity contribution in [2.45, 2.75) is 25.2 Å². The van der Waals surface area contributed by atoms with Gasteiger partial charge in [-0.15, -0.1) is 23.1 Å². The number of aliphatic hydroxyl groups excluding tert-OH is 1. The normalized spacial score (nSPS) is 12.7. The SMILES string of the molecule is Cc1nc(CSCC(=O)NCC(O)C(F)F)cs1. The van der Waals surface area contributed by atoms with Gasteiger partial charge in [-0.25, -0.2) is 13.8 Å². The Morgan fingerprint density at radius 1 is 1.67 bits per heavy atom. The van der Waals surface area contributed by atoms with Gasteiger partial charge in [0.2, 0.25) is 5.91 Å². The van der Waals surface area contributed by atoms with Crippen LogP contribution in [-0.2, 0) is 10.5 Å². The topological polar surface area (TPSA) is 62.2 Å². The summed E-state index contributed by atoms with van der Waals surface area (Å²) in [6.45, 7) is 1.48. The Hall–Kier alpha value is -0.730. The summed E-state index contributed by atoms with van der Waals surface area (Å²) in [5, 5.41) is 13.9. The van der Waals surface area contributed by atoms with E-state index in [1.807, 2.05) is 12.3 Å². The summed E-state index contributed by atoms with van der Waals surface area (Å²) in [4.78, 5) is 15.5. The molecule has 8 heteroatoms. The number of aromatic nitrogens is 1. The molecule has 0 fully saturated rings. The number of thioether (sulfide) groups is 1. The second-order valence-electron chi connectivity index (χ2n) is 3.56. The molecular weight excluding hydrogens is 282 g/mol. The Kier molecular flexibility index (Phi) is 6.51. The van der Waals surface area contributed by atoms with Gasteiger partial charge in [0.15, 0.2) is 0 Å². The number of thiazole rings is 1. The second kappa shape index (κ2) is 7.65. The third kappa shape index (κ3) is 5.74. The highest BCUT2D eigenvalue weighted by Crippen LogP contribution is 2.14. The zero-order chi connectivity index (χ0) is 13.5. The van der Waals surface area contributed by atoms with Crippen molar-refractivity contribution in [1.29, 1.82) is 0 Å². The molecule has 4 nitrogen and oxygen atoms in total. The number of hydrogen-bond donors (Lipinski definition) is 2. The molecule has 1 atom stereocenters. The van der Waals surface area contributed by atoms with Crippen LogP contribution in [-0.4, -0.2) is 40.8 Å². The van der Waals surface area contributed by atoms with E-state index in [9.17, 15) is 13.6 Å². The van der Waals surface area contributed by atoms with E-state index in [0.29, 0.717) is 5.75 Å². The first-order valence-electron chi connectivity index (χ1n) is 5.20. The van der Waals surface area contributed by atoms with Gasteiger partial charge < -0.3 is 10.4 Å². The Balaban J connectivity index is 2.14. The molecule has 1 rings (SSSR count). The van der Waals surface area contributed by atoms with Crippen LogP contribution in [0.5, 0.6) is 0 Å². The Labute approximate surface area is 112 Å². The Morgan fingerprint density at radius 3 is 2.94 bits per heavy atom. The summed E-state index contributed by atoms with van der Waals surface area (Å²) in [5.74, 6) is 0.397. The third-order valence-corrected chi connectivity index (χ3v) is 3.74. The van der Waals surface area contributed by atoms with Crippen molar-refractivity contribution >= 4 is 29.0 Å². The number of nitrogens with one attached hydrogen (secondary N) is 1. The second-order valence-corrected chi connectivity index (χ2v) is 5.60. The molecule has 0 aromatic carbocycles. The van der Waals surface area contributed by atoms with E-state index in [4.69, 9.17) is 5.11 Å². The Bertz CT molecular complexity index is 388. The van der Waals surface area contributed by atoms with Gasteiger partial charge in [-0.3, -0.25) is 4.79 Å². The van der Waals surface area contributed by atoms with E-state index in [0.717, 1.165) is 10.7 Å². The van der Waals surface area contributed by atoms with Gasteiger partial charge in [0.1, 0.15) is 6.10 Å². The number of rotatable bonds is 7. The van der Waals surface area contributed by atoms with Crippen molar-refractivity contribution in [2.75, 3.05) is 12.3 Å². The summed E-state index contributed by atoms with van der Waals surface area (Å²) in [6, 6.07) is 0. The average Bonchev–Trinajstić information content (AvgIpc) is 2.71. The predicted molar refractivity (Wildman–Crippen MR) is 68.0 cm³/mol. The minimum atomic E-state index is -2.84. The van der Waals surface area contributed by atoms with Crippen molar-refractivity contribution in [3.05, 3.63) is 16.1 Å². The van der Waals surface area contributed by atoms with Gasteiger partial charge in [-0.05, 0) is 6.92 Å². The molecule has 0 aliphatic rings. The number of nitrogens with zero attached hydrogens (tertiary/aromatic N) is 1. The molecule has 0 aliphatic carbocycles. The molecule has 0 saturated heterocycles. The quantitative estimate of drug-likeness (QED) is 0.799. The lowest BCUT2D eigenvalue weighted by Crippen LogP contribution is -2.36. The molecule has 1 unspecified atom stereocenters. The number of carbonyl (C=O) groups excluding carboxylic acids is 1. The highest BCUT2D eigenvalue weighted by molar-refractivity contribution is 7.99. The zero-order valence-electron chi connectivity index (χ0n) is 9.73. The molecule has 1 aromatic heterocycles. The maximum Gasteiger partial charge on any atom is 0.265 e. The maximum absolute atomic E-state index is 11.9. The van der Waals surface area contributed by atoms with Crippen LogP contribution >= 0.6 is 23.1 Å². The molecule has 18 heavy (non-hydrogen) atoms. The van der Waals surface area contributed by atoms with Gasteiger partial charge in [-0.2, -0.15) is 0 Å². The summed E-state index contributed by atoms with van der Waals surface area (Å²) in [5.41, 5.74) is 0.905. The molecule has 0 aliphatic heterocycles. The minimum absolute atomic E-state index is 0.159. The fourth-order valence-corrected chi connectivity index (χ4v) is 2.55. The lowest BCUT2D eigenvalue weighted by Gasteiger charge is -2.10. The predicted octanol–water partition coefficient (Wildman–Crippen LogP) is 1.43. The van der Waals surface area contributed by atoms with Crippen molar-refractivity contribution in [3.8, 4) is 0 Å². The van der Waals surface area contributed by atoms with Crippen LogP contribution in [0.15, 0.2) is 5.38 Å². The van der Waals surface area contributed by atoms with Crippen LogP contribution in [0.1, 0.15) is 10.7 Å². The molecule has 0 bridgehead atoms. The first-order chi connectivity index (χ1) is 8.49. The monoisotopic (exact) mass is 296 g/mol. The number of halogens is 2. The van der Waals surface area contributed by atoms with Crippen molar-refractivity contribution in [1.82, 2.24) is 10.3 Å². The van der Waals surface area contributed by atoms with E-state index < -0.39 is 19.1 Å². The van der Waals surface area contributed by atoms with Gasteiger partial charge in [0.25, 0.3) is 6.43 Å². The largest absolute Gasteiger partial charge is 0.385 e. The van der Waals surface area contributed by atoms with Gasteiger partial charge in [0.05, 0.1) is 16.5 Å². The third-order valence-electron chi connectivity index (χ3n) is 1.95. The summed E-state index contributed by atoms with van der Waals surface area (Å²) >= 11 is 2.89. The highest BCUT2D eigenvalue weighted by atomic mass is 32.2. The smallest absolute Gasteiger partial charge is 0.265 e. The first kappa shape index (κ1) is 15.3. The minimum Gasteiger partial charge on any atom is -0.385 e. The van der Waals surface area contributed by atoms with E-state index in [1.54, 1.807) is 0 Å². The van der Waals surface area contributed by atoms with Gasteiger partial charge >= 0.3 is 0 Å². The maximum atomic E-state index is 11.9. The number of hydrogen-bond acceptors (Lipinski definition) is 5. The number of alkyl halides is 2. The number of aryl methyl sites for hydroxylation is 1. The lowest BCUT2D eigenvalue weighted by atomic mass is 10.4. The van der Waals surface area contributed by atoms with Crippen LogP contribution < -0.4 is 5.32 Å². The Morgan fingerprint density at radius 2 is 2.39 bits per heavy atom. The zero-order valence-corrected chi connectivity index (χ0v) is 11.4. The van der Waals surface area contributed by atoms with E-state index in [1.165, 1.54) is 23.1 Å². The lowest BCUT2D eigenvalue weighted by molar-refractivity contribution is -0.119. The van der Waals surface area contributed by atoms with Crippen molar-refractivity contribution < 1.29 is 18.7 Å². The van der Waals surface area contributed by atoms with E-state index >= 15 is 0 Å². The molecule has 1 amide bonds. The van der Waals surface area contributed by atoms with E-state index in [2.05, 4.69) is 10.3 Å². The highest BCUT2D eigenvalue weighted by Gasteiger charge is 2.17. The average molecular weight is 296 g/mol. The molecule has 2 N–H and O–H groups in total. The van der Waals surface area contributed by atoms with Crippen molar-refractivity contribution in [2.24, 2.45) is 0 Å². The van der Waals surface area contributed by atoms with Crippen LogP contribution in [0.4, 0.5) is 8.78 Å². The summed E-state index contributed by atoms with van der Waals surface area (Å²) < 4.78 is 23.9. The number of aliphatic hydroxyl groups is 1. The molecule has 0 saturated carbocycles. The van der Waals surface area contributed by atoms with Crippen LogP contribution in [0.2, 0.25) is 0 Å². The molecule has 102 valence electrons. The van der Waals surface area contributed by atoms with Gasteiger partial charge in [0, 0.05) is 17.7 Å². The fourth-order valence-electron chi connectivity index (χ4n) is 1.08. The van der Waals surface area contributed by atoms with Gasteiger partial charge in [-0.1, -0.05) is 0 Å². The number of amides is 1. The molecule has 0 spiro atoms. The van der Waals surface area contributed by atoms with Crippen LogP contribution in [0.25, 0.3) is 0 Å². The van der Waals surface area contributed by atoms with Crippen molar-refractivity contribution in [3.63, 3.8) is 0 Å². The molecule has 0 radical (unpaired) electrons. The fraction of sp³-hybridized carbons (Fsp3) is 0.600. The first-order valence-corrected chi connectivity index (χ1v) is 7.24. The summed E-state index contributed by atoms with van der Waals surface area (Å²) in [7, 11) is 0. The van der Waals surface area contributed by atoms with E-state index in [-0.39, 0.29) is 11.7 Å². The molecular formula is C10H14F2N2O2S2. The van der Waals surface area contributed by atoms with Crippen LogP contribution in [0, 0.1) is 6.92 Å². The molecule has 1 heterocycles. The van der Waals surface area contributed by atoms with Crippen LogP contribution in [0.3, 0.4) is 0 Å².